The van der Waals surface area contributed by atoms with Crippen molar-refractivity contribution in [3.05, 3.63) is 12.2 Å². The Kier molecular flexibility index (Phi) is 2.94. The van der Waals surface area contributed by atoms with Crippen LogP contribution in [0.5, 0.6) is 0 Å². The van der Waals surface area contributed by atoms with Crippen molar-refractivity contribution in [1.82, 2.24) is 19.9 Å². The fourth-order valence-corrected chi connectivity index (χ4v) is 1.26. The number of hydrogen-bond acceptors (Lipinski definition) is 5. The monoisotopic (exact) mass is 201 g/mol. The van der Waals surface area contributed by atoms with Crippen molar-refractivity contribution >= 4 is 10.0 Å². The summed E-state index contributed by atoms with van der Waals surface area (Å²) in [7, 11) is -3.51. The van der Waals surface area contributed by atoms with Crippen molar-refractivity contribution in [2.45, 2.75) is 6.54 Å². The van der Waals surface area contributed by atoms with Gasteiger partial charge in [0.05, 0.1) is 12.6 Å². The van der Waals surface area contributed by atoms with Crippen LogP contribution >= 0.6 is 0 Å². The first-order valence-electron chi connectivity index (χ1n) is 3.32. The van der Waals surface area contributed by atoms with Gasteiger partial charge in [0.1, 0.15) is 12.2 Å². The van der Waals surface area contributed by atoms with E-state index in [0.717, 1.165) is 0 Å². The van der Waals surface area contributed by atoms with Crippen molar-refractivity contribution in [2.75, 3.05) is 5.75 Å². The number of nitrogens with one attached hydrogen (secondary N) is 2. The third-order valence-corrected chi connectivity index (χ3v) is 2.27. The summed E-state index contributed by atoms with van der Waals surface area (Å²) in [5.41, 5.74) is 0. The first-order valence-corrected chi connectivity index (χ1v) is 4.98. The summed E-state index contributed by atoms with van der Waals surface area (Å²) in [6.07, 6.45) is 1.27. The normalized spacial score (nSPS) is 11.0. The van der Waals surface area contributed by atoms with Gasteiger partial charge in [0, 0.05) is 0 Å². The molecule has 1 aromatic heterocycles. The molecule has 8 heteroatoms. The molecule has 0 saturated carbocycles. The largest absolute Gasteiger partial charge is 0.262 e. The summed E-state index contributed by atoms with van der Waals surface area (Å²) in [4.78, 5) is 3.70. The predicted molar refractivity (Wildman–Crippen MR) is 42.6 cm³/mol. The van der Waals surface area contributed by atoms with Crippen LogP contribution in [-0.4, -0.2) is 29.4 Å². The van der Waals surface area contributed by atoms with Crippen LogP contribution in [0.25, 0.3) is 0 Å². The molecule has 0 amide bonds. The van der Waals surface area contributed by atoms with Crippen molar-refractivity contribution in [3.8, 4) is 6.07 Å². The number of aromatic nitrogens is 3. The number of nitriles is 1. The minimum absolute atomic E-state index is 0.0179. The highest BCUT2D eigenvalue weighted by atomic mass is 32.2. The van der Waals surface area contributed by atoms with Gasteiger partial charge in [0.25, 0.3) is 0 Å². The van der Waals surface area contributed by atoms with E-state index in [9.17, 15) is 8.42 Å². The summed E-state index contributed by atoms with van der Waals surface area (Å²) >= 11 is 0. The summed E-state index contributed by atoms with van der Waals surface area (Å²) < 4.78 is 24.0. The number of aromatic amines is 1. The number of rotatable bonds is 4. The Hall–Kier alpha value is -1.46. The van der Waals surface area contributed by atoms with Gasteiger partial charge in [-0.1, -0.05) is 0 Å². The van der Waals surface area contributed by atoms with E-state index >= 15 is 0 Å². The molecule has 2 N–H and O–H groups in total. The van der Waals surface area contributed by atoms with Crippen LogP contribution in [0.3, 0.4) is 0 Å². The lowest BCUT2D eigenvalue weighted by Crippen LogP contribution is -2.25. The third-order valence-electron chi connectivity index (χ3n) is 1.18. The van der Waals surface area contributed by atoms with Gasteiger partial charge in [0.2, 0.25) is 10.0 Å². The van der Waals surface area contributed by atoms with Gasteiger partial charge in [-0.25, -0.2) is 18.1 Å². The Morgan fingerprint density at radius 1 is 1.69 bits per heavy atom. The molecular formula is C5H7N5O2S. The molecule has 1 heterocycles. The topological polar surface area (TPSA) is 112 Å². The quantitative estimate of drug-likeness (QED) is 0.632. The standard InChI is InChI=1S/C5H7N5O2S/c6-1-2-13(11,12)9-3-5-7-4-8-10-5/h4,9H,2-3H2,(H,7,8,10). The molecule has 0 aliphatic heterocycles. The molecule has 0 fully saturated rings. The van der Waals surface area contributed by atoms with Crippen LogP contribution in [0.4, 0.5) is 0 Å². The van der Waals surface area contributed by atoms with Crippen molar-refractivity contribution in [1.29, 1.82) is 5.26 Å². The number of H-pyrrole nitrogens is 1. The fraction of sp³-hybridized carbons (Fsp3) is 0.400. The lowest BCUT2D eigenvalue weighted by Gasteiger charge is -1.98. The van der Waals surface area contributed by atoms with Crippen molar-refractivity contribution in [3.63, 3.8) is 0 Å². The van der Waals surface area contributed by atoms with E-state index in [-0.39, 0.29) is 6.54 Å². The zero-order valence-electron chi connectivity index (χ0n) is 6.56. The van der Waals surface area contributed by atoms with Crippen molar-refractivity contribution in [2.24, 2.45) is 0 Å². The Morgan fingerprint density at radius 3 is 3.00 bits per heavy atom. The van der Waals surface area contributed by atoms with Crippen LogP contribution in [0.15, 0.2) is 6.33 Å². The Bertz CT molecular complexity index is 389. The fourth-order valence-electron chi connectivity index (χ4n) is 0.630. The van der Waals surface area contributed by atoms with Crippen LogP contribution in [0.1, 0.15) is 5.82 Å². The van der Waals surface area contributed by atoms with E-state index in [2.05, 4.69) is 19.9 Å². The molecule has 1 aromatic rings. The first-order chi connectivity index (χ1) is 6.14. The van der Waals surface area contributed by atoms with E-state index < -0.39 is 15.8 Å². The molecule has 0 spiro atoms. The average Bonchev–Trinajstić information content (AvgIpc) is 2.52. The number of hydrogen-bond donors (Lipinski definition) is 2. The molecule has 70 valence electrons. The molecule has 13 heavy (non-hydrogen) atoms. The van der Waals surface area contributed by atoms with Gasteiger partial charge in [-0.3, -0.25) is 5.10 Å². The highest BCUT2D eigenvalue weighted by Crippen LogP contribution is 1.88. The zero-order chi connectivity index (χ0) is 9.73. The Labute approximate surface area is 74.8 Å². The molecule has 0 aromatic carbocycles. The van der Waals surface area contributed by atoms with Gasteiger partial charge in [-0.15, -0.1) is 0 Å². The summed E-state index contributed by atoms with van der Waals surface area (Å²) in [5.74, 6) is -0.150. The molecule has 0 atom stereocenters. The molecule has 0 aliphatic carbocycles. The second kappa shape index (κ2) is 3.97. The summed E-state index contributed by atoms with van der Waals surface area (Å²) in [6, 6.07) is 1.54. The molecule has 0 bridgehead atoms. The minimum Gasteiger partial charge on any atom is -0.262 e. The second-order valence-electron chi connectivity index (χ2n) is 2.17. The molecule has 0 radical (unpaired) electrons. The first kappa shape index (κ1) is 9.63. The Balaban J connectivity index is 2.49. The van der Waals surface area contributed by atoms with E-state index in [4.69, 9.17) is 5.26 Å². The highest BCUT2D eigenvalue weighted by Gasteiger charge is 2.09. The number of sulfonamides is 1. The lowest BCUT2D eigenvalue weighted by atomic mass is 10.6. The predicted octanol–water partition coefficient (Wildman–Crippen LogP) is -1.25. The molecule has 0 aliphatic rings. The lowest BCUT2D eigenvalue weighted by molar-refractivity contribution is 0.583. The average molecular weight is 201 g/mol. The minimum atomic E-state index is -3.51. The third kappa shape index (κ3) is 3.18. The summed E-state index contributed by atoms with van der Waals surface area (Å²) in [5, 5.41) is 14.2. The molecular weight excluding hydrogens is 194 g/mol. The maximum absolute atomic E-state index is 10.9. The number of nitrogens with zero attached hydrogens (tertiary/aromatic N) is 3. The van der Waals surface area contributed by atoms with Crippen molar-refractivity contribution < 1.29 is 8.42 Å². The van der Waals surface area contributed by atoms with Gasteiger partial charge < -0.3 is 0 Å². The highest BCUT2D eigenvalue weighted by molar-refractivity contribution is 7.89. The van der Waals surface area contributed by atoms with Gasteiger partial charge in [0.15, 0.2) is 5.75 Å². The zero-order valence-corrected chi connectivity index (χ0v) is 7.37. The van der Waals surface area contributed by atoms with Crippen LogP contribution in [0.2, 0.25) is 0 Å². The van der Waals surface area contributed by atoms with E-state index in [1.807, 2.05) is 0 Å². The van der Waals surface area contributed by atoms with Gasteiger partial charge in [-0.05, 0) is 0 Å². The molecule has 0 unspecified atom stereocenters. The molecule has 1 rings (SSSR count). The van der Waals surface area contributed by atoms with E-state index in [1.54, 1.807) is 6.07 Å². The van der Waals surface area contributed by atoms with E-state index in [0.29, 0.717) is 5.82 Å². The molecule has 0 saturated heterocycles. The second-order valence-corrected chi connectivity index (χ2v) is 3.98. The maximum atomic E-state index is 10.9. The molecule has 7 nitrogen and oxygen atoms in total. The Morgan fingerprint density at radius 2 is 2.46 bits per heavy atom. The van der Waals surface area contributed by atoms with Gasteiger partial charge >= 0.3 is 0 Å². The van der Waals surface area contributed by atoms with Crippen LogP contribution in [-0.2, 0) is 16.6 Å². The summed E-state index contributed by atoms with van der Waals surface area (Å²) in [6.45, 7) is 0.0179. The van der Waals surface area contributed by atoms with Crippen LogP contribution in [0, 0.1) is 11.3 Å². The smallest absolute Gasteiger partial charge is 0.225 e. The van der Waals surface area contributed by atoms with Gasteiger partial charge in [-0.2, -0.15) is 10.4 Å². The van der Waals surface area contributed by atoms with Crippen LogP contribution < -0.4 is 4.72 Å². The van der Waals surface area contributed by atoms with E-state index in [1.165, 1.54) is 6.33 Å². The SMILES string of the molecule is N#CCS(=O)(=O)NCc1ncn[nH]1. The maximum Gasteiger partial charge on any atom is 0.225 e.